The van der Waals surface area contributed by atoms with E-state index in [0.29, 0.717) is 19.5 Å². The molecule has 0 radical (unpaired) electrons. The number of hydrogen-bond donors (Lipinski definition) is 2. The van der Waals surface area contributed by atoms with Crippen molar-refractivity contribution in [1.82, 2.24) is 5.32 Å². The van der Waals surface area contributed by atoms with Gasteiger partial charge in [0.25, 0.3) is 0 Å². The van der Waals surface area contributed by atoms with Crippen molar-refractivity contribution in [2.24, 2.45) is 5.73 Å². The van der Waals surface area contributed by atoms with E-state index in [1.54, 1.807) is 7.11 Å². The zero-order valence-corrected chi connectivity index (χ0v) is 12.5. The van der Waals surface area contributed by atoms with Crippen LogP contribution >= 0.6 is 0 Å². The maximum Gasteiger partial charge on any atom is 0.249 e. The third-order valence-electron chi connectivity index (χ3n) is 3.69. The number of ether oxygens (including phenoxy) is 1. The second kappa shape index (κ2) is 7.96. The van der Waals surface area contributed by atoms with Crippen molar-refractivity contribution < 1.29 is 9.53 Å². The van der Waals surface area contributed by atoms with Gasteiger partial charge in [-0.05, 0) is 29.9 Å². The van der Waals surface area contributed by atoms with Gasteiger partial charge in [0.1, 0.15) is 6.10 Å². The number of nitrogens with two attached hydrogens (primary N) is 1. The van der Waals surface area contributed by atoms with Crippen LogP contribution in [0.15, 0.2) is 36.4 Å². The van der Waals surface area contributed by atoms with Crippen molar-refractivity contribution >= 4 is 5.91 Å². The Kier molecular flexibility index (Phi) is 5.96. The van der Waals surface area contributed by atoms with Crippen LogP contribution in [0.2, 0.25) is 0 Å². The van der Waals surface area contributed by atoms with Crippen molar-refractivity contribution in [1.29, 1.82) is 0 Å². The molecule has 3 N–H and O–H groups in total. The molecule has 0 aromatic heterocycles. The zero-order valence-electron chi connectivity index (χ0n) is 12.5. The molecule has 1 aromatic rings. The van der Waals surface area contributed by atoms with Gasteiger partial charge < -0.3 is 15.8 Å². The number of benzene rings is 1. The summed E-state index contributed by atoms with van der Waals surface area (Å²) in [7, 11) is 1.57. The lowest BCUT2D eigenvalue weighted by molar-refractivity contribution is -0.130. The van der Waals surface area contributed by atoms with Gasteiger partial charge >= 0.3 is 0 Å². The number of rotatable bonds is 8. The Balaban J connectivity index is 1.90. The van der Waals surface area contributed by atoms with E-state index in [1.807, 2.05) is 12.2 Å². The molecule has 4 heteroatoms. The van der Waals surface area contributed by atoms with Gasteiger partial charge in [0.2, 0.25) is 5.91 Å². The summed E-state index contributed by atoms with van der Waals surface area (Å²) in [6.45, 7) is 0.968. The summed E-state index contributed by atoms with van der Waals surface area (Å²) in [5.74, 6) is 0.636. The van der Waals surface area contributed by atoms with Crippen molar-refractivity contribution in [3.05, 3.63) is 47.5 Å². The first-order valence-electron chi connectivity index (χ1n) is 7.49. The molecule has 0 spiro atoms. The summed E-state index contributed by atoms with van der Waals surface area (Å²) in [5.41, 5.74) is 7.89. The Labute approximate surface area is 126 Å². The summed E-state index contributed by atoms with van der Waals surface area (Å²) in [4.78, 5) is 12.1. The Bertz CT molecular complexity index is 495. The molecule has 1 atom stereocenters. The second-order valence-electron chi connectivity index (χ2n) is 5.40. The average Bonchev–Trinajstić information content (AvgIpc) is 3.34. The van der Waals surface area contributed by atoms with E-state index in [0.717, 1.165) is 11.5 Å². The molecule has 0 aliphatic heterocycles. The van der Waals surface area contributed by atoms with Gasteiger partial charge in [0, 0.05) is 26.6 Å². The maximum atomic E-state index is 12.1. The monoisotopic (exact) mass is 288 g/mol. The molecular weight excluding hydrogens is 264 g/mol. The first-order valence-corrected chi connectivity index (χ1v) is 7.49. The van der Waals surface area contributed by atoms with Gasteiger partial charge in [-0.1, -0.05) is 36.4 Å². The Morgan fingerprint density at radius 1 is 1.48 bits per heavy atom. The molecule has 2 rings (SSSR count). The number of nitrogens with one attached hydrogen (secondary N) is 1. The standard InChI is InChI=1S/C17H24N2O2/c1-21-16(17(20)19-10-3-2-9-18)12-13-5-4-6-15(11-13)14-7-8-14/h2-6,11,14,16H,7-10,12,18H2,1H3,(H,19,20)/b3-2+. The number of amides is 1. The second-order valence-corrected chi connectivity index (χ2v) is 5.40. The minimum atomic E-state index is -0.453. The van der Waals surface area contributed by atoms with Crippen molar-refractivity contribution in [2.75, 3.05) is 20.2 Å². The van der Waals surface area contributed by atoms with Crippen LogP contribution in [0.4, 0.5) is 0 Å². The fourth-order valence-corrected chi connectivity index (χ4v) is 2.34. The Morgan fingerprint density at radius 2 is 2.29 bits per heavy atom. The highest BCUT2D eigenvalue weighted by molar-refractivity contribution is 5.81. The highest BCUT2D eigenvalue weighted by Crippen LogP contribution is 2.40. The van der Waals surface area contributed by atoms with E-state index in [1.165, 1.54) is 18.4 Å². The lowest BCUT2D eigenvalue weighted by Crippen LogP contribution is -2.37. The van der Waals surface area contributed by atoms with Crippen LogP contribution in [0.5, 0.6) is 0 Å². The highest BCUT2D eigenvalue weighted by Gasteiger charge is 2.24. The van der Waals surface area contributed by atoms with Crippen LogP contribution in [-0.4, -0.2) is 32.2 Å². The van der Waals surface area contributed by atoms with Gasteiger partial charge in [-0.2, -0.15) is 0 Å². The lowest BCUT2D eigenvalue weighted by Gasteiger charge is -2.15. The lowest BCUT2D eigenvalue weighted by atomic mass is 10.0. The molecule has 0 heterocycles. The molecule has 1 aliphatic carbocycles. The van der Waals surface area contributed by atoms with Crippen molar-refractivity contribution in [3.8, 4) is 0 Å². The Morgan fingerprint density at radius 3 is 2.95 bits per heavy atom. The van der Waals surface area contributed by atoms with Crippen LogP contribution in [0.1, 0.15) is 29.9 Å². The van der Waals surface area contributed by atoms with Gasteiger partial charge in [0.05, 0.1) is 0 Å². The fraction of sp³-hybridized carbons (Fsp3) is 0.471. The van der Waals surface area contributed by atoms with Crippen LogP contribution in [-0.2, 0) is 16.0 Å². The van der Waals surface area contributed by atoms with E-state index in [-0.39, 0.29) is 5.91 Å². The minimum Gasteiger partial charge on any atom is -0.371 e. The summed E-state index contributed by atoms with van der Waals surface area (Å²) >= 11 is 0. The first-order chi connectivity index (χ1) is 10.2. The van der Waals surface area contributed by atoms with E-state index in [2.05, 4.69) is 29.6 Å². The molecule has 0 bridgehead atoms. The molecule has 1 amide bonds. The average molecular weight is 288 g/mol. The maximum absolute atomic E-state index is 12.1. The topological polar surface area (TPSA) is 64.3 Å². The molecular formula is C17H24N2O2. The normalized spacial score (nSPS) is 16.1. The molecule has 1 fully saturated rings. The minimum absolute atomic E-state index is 0.0870. The number of carbonyl (C=O) groups excluding carboxylic acids is 1. The number of hydrogen-bond acceptors (Lipinski definition) is 3. The van der Waals surface area contributed by atoms with Gasteiger partial charge in [0.15, 0.2) is 0 Å². The third-order valence-corrected chi connectivity index (χ3v) is 3.69. The number of carbonyl (C=O) groups is 1. The number of methoxy groups -OCH3 is 1. The van der Waals surface area contributed by atoms with Gasteiger partial charge in [-0.3, -0.25) is 4.79 Å². The predicted octanol–water partition coefficient (Wildman–Crippen LogP) is 1.75. The van der Waals surface area contributed by atoms with Gasteiger partial charge in [-0.25, -0.2) is 0 Å². The molecule has 1 aliphatic rings. The summed E-state index contributed by atoms with van der Waals surface area (Å²) < 4.78 is 5.33. The smallest absolute Gasteiger partial charge is 0.249 e. The molecule has 1 unspecified atom stereocenters. The first kappa shape index (κ1) is 15.7. The van der Waals surface area contributed by atoms with Crippen LogP contribution in [0.3, 0.4) is 0 Å². The summed E-state index contributed by atoms with van der Waals surface area (Å²) in [5, 5.41) is 2.83. The summed E-state index contributed by atoms with van der Waals surface area (Å²) in [6, 6.07) is 8.49. The molecule has 0 saturated heterocycles. The van der Waals surface area contributed by atoms with E-state index in [9.17, 15) is 4.79 Å². The SMILES string of the molecule is COC(Cc1cccc(C2CC2)c1)C(=O)NC/C=C/CN. The molecule has 21 heavy (non-hydrogen) atoms. The third kappa shape index (κ3) is 4.99. The van der Waals surface area contributed by atoms with Gasteiger partial charge in [-0.15, -0.1) is 0 Å². The van der Waals surface area contributed by atoms with E-state index in [4.69, 9.17) is 10.5 Å². The van der Waals surface area contributed by atoms with Crippen LogP contribution < -0.4 is 11.1 Å². The summed E-state index contributed by atoms with van der Waals surface area (Å²) in [6.07, 6.45) is 6.38. The van der Waals surface area contributed by atoms with Crippen molar-refractivity contribution in [3.63, 3.8) is 0 Å². The molecule has 114 valence electrons. The van der Waals surface area contributed by atoms with Crippen molar-refractivity contribution in [2.45, 2.75) is 31.3 Å². The predicted molar refractivity (Wildman–Crippen MR) is 84.1 cm³/mol. The molecule has 1 aromatic carbocycles. The van der Waals surface area contributed by atoms with Crippen LogP contribution in [0, 0.1) is 0 Å². The molecule has 1 saturated carbocycles. The highest BCUT2D eigenvalue weighted by atomic mass is 16.5. The quantitative estimate of drug-likeness (QED) is 0.716. The molecule has 4 nitrogen and oxygen atoms in total. The van der Waals surface area contributed by atoms with E-state index >= 15 is 0 Å². The largest absolute Gasteiger partial charge is 0.371 e. The fourth-order valence-electron chi connectivity index (χ4n) is 2.34. The Hall–Kier alpha value is -1.65. The van der Waals surface area contributed by atoms with Crippen LogP contribution in [0.25, 0.3) is 0 Å². The van der Waals surface area contributed by atoms with E-state index < -0.39 is 6.10 Å². The zero-order chi connectivity index (χ0) is 15.1.